The first-order valence-corrected chi connectivity index (χ1v) is 5.75. The standard InChI is InChI=1S/C12H17F2NO/c1-11(5-3-2-4-6-11)15-10(16)9-7-12(13,14)8-9/h2-3,9H,4-8H2,1H3,(H,15,16)/t11-/m0/s1. The molecule has 0 heterocycles. The third-order valence-corrected chi connectivity index (χ3v) is 3.48. The molecule has 0 bridgehead atoms. The number of carbonyl (C=O) groups is 1. The van der Waals surface area contributed by atoms with E-state index in [1.54, 1.807) is 0 Å². The quantitative estimate of drug-likeness (QED) is 0.725. The Bertz CT molecular complexity index is 319. The molecule has 16 heavy (non-hydrogen) atoms. The van der Waals surface area contributed by atoms with E-state index in [-0.39, 0.29) is 24.3 Å². The van der Waals surface area contributed by atoms with Crippen LogP contribution in [0.1, 0.15) is 39.0 Å². The van der Waals surface area contributed by atoms with Crippen LogP contribution in [-0.2, 0) is 4.79 Å². The summed E-state index contributed by atoms with van der Waals surface area (Å²) in [6.45, 7) is 1.98. The van der Waals surface area contributed by atoms with Crippen LogP contribution in [0.4, 0.5) is 8.78 Å². The maximum absolute atomic E-state index is 12.6. The Morgan fingerprint density at radius 1 is 1.38 bits per heavy atom. The predicted molar refractivity (Wildman–Crippen MR) is 57.2 cm³/mol. The van der Waals surface area contributed by atoms with Crippen molar-refractivity contribution < 1.29 is 13.6 Å². The summed E-state index contributed by atoms with van der Waals surface area (Å²) < 4.78 is 25.3. The monoisotopic (exact) mass is 229 g/mol. The van der Waals surface area contributed by atoms with Gasteiger partial charge in [-0.05, 0) is 26.2 Å². The van der Waals surface area contributed by atoms with Gasteiger partial charge in [-0.2, -0.15) is 0 Å². The molecule has 2 rings (SSSR count). The fourth-order valence-corrected chi connectivity index (χ4v) is 2.32. The molecule has 1 saturated carbocycles. The molecule has 1 amide bonds. The van der Waals surface area contributed by atoms with Gasteiger partial charge >= 0.3 is 0 Å². The van der Waals surface area contributed by atoms with E-state index in [2.05, 4.69) is 11.4 Å². The second kappa shape index (κ2) is 3.82. The van der Waals surface area contributed by atoms with E-state index in [0.29, 0.717) is 0 Å². The van der Waals surface area contributed by atoms with E-state index in [9.17, 15) is 13.6 Å². The minimum absolute atomic E-state index is 0.205. The Hall–Kier alpha value is -0.930. The highest BCUT2D eigenvalue weighted by atomic mass is 19.3. The van der Waals surface area contributed by atoms with E-state index in [0.717, 1.165) is 19.3 Å². The van der Waals surface area contributed by atoms with Crippen molar-refractivity contribution in [3.8, 4) is 0 Å². The summed E-state index contributed by atoms with van der Waals surface area (Å²) in [5, 5.41) is 2.91. The molecule has 4 heteroatoms. The first-order chi connectivity index (χ1) is 7.40. The van der Waals surface area contributed by atoms with E-state index in [4.69, 9.17) is 0 Å². The van der Waals surface area contributed by atoms with Crippen LogP contribution in [0, 0.1) is 5.92 Å². The maximum atomic E-state index is 12.6. The van der Waals surface area contributed by atoms with Gasteiger partial charge < -0.3 is 5.32 Å². The van der Waals surface area contributed by atoms with Crippen molar-refractivity contribution in [2.45, 2.75) is 50.5 Å². The molecule has 0 radical (unpaired) electrons. The molecule has 2 aliphatic rings. The predicted octanol–water partition coefficient (Wildman–Crippen LogP) is 2.65. The van der Waals surface area contributed by atoms with Crippen molar-refractivity contribution in [1.29, 1.82) is 0 Å². The number of carbonyl (C=O) groups excluding carboxylic acids is 1. The number of allylic oxidation sites excluding steroid dienone is 1. The normalized spacial score (nSPS) is 33.2. The molecule has 0 spiro atoms. The number of alkyl halides is 2. The van der Waals surface area contributed by atoms with Gasteiger partial charge in [-0.3, -0.25) is 4.79 Å². The van der Waals surface area contributed by atoms with E-state index >= 15 is 0 Å². The summed E-state index contributed by atoms with van der Waals surface area (Å²) in [7, 11) is 0. The lowest BCUT2D eigenvalue weighted by atomic mass is 9.79. The molecular formula is C12H17F2NO. The summed E-state index contributed by atoms with van der Waals surface area (Å²) in [5.41, 5.74) is -0.239. The Morgan fingerprint density at radius 3 is 2.56 bits per heavy atom. The van der Waals surface area contributed by atoms with Crippen LogP contribution in [0.5, 0.6) is 0 Å². The average Bonchev–Trinajstić information content (AvgIpc) is 2.14. The summed E-state index contributed by atoms with van der Waals surface area (Å²) >= 11 is 0. The first-order valence-electron chi connectivity index (χ1n) is 5.75. The van der Waals surface area contributed by atoms with Gasteiger partial charge in [0.15, 0.2) is 0 Å². The Kier molecular flexibility index (Phi) is 2.76. The van der Waals surface area contributed by atoms with Crippen LogP contribution >= 0.6 is 0 Å². The summed E-state index contributed by atoms with van der Waals surface area (Å²) in [4.78, 5) is 11.7. The molecule has 0 saturated heterocycles. The SMILES string of the molecule is C[C@]1(NC(=O)C2CC(F)(F)C2)CC=CCC1. The molecular weight excluding hydrogens is 212 g/mol. The van der Waals surface area contributed by atoms with Crippen LogP contribution in [0.3, 0.4) is 0 Å². The second-order valence-corrected chi connectivity index (χ2v) is 5.23. The van der Waals surface area contributed by atoms with Gasteiger partial charge in [-0.25, -0.2) is 8.78 Å². The molecule has 2 aliphatic carbocycles. The van der Waals surface area contributed by atoms with Crippen LogP contribution in [0.15, 0.2) is 12.2 Å². The number of hydrogen-bond acceptors (Lipinski definition) is 1. The van der Waals surface area contributed by atoms with Gasteiger partial charge in [0.2, 0.25) is 11.8 Å². The largest absolute Gasteiger partial charge is 0.350 e. The van der Waals surface area contributed by atoms with Crippen LogP contribution < -0.4 is 5.32 Å². The zero-order chi connectivity index (χ0) is 11.8. The lowest BCUT2D eigenvalue weighted by molar-refractivity contribution is -0.151. The van der Waals surface area contributed by atoms with Crippen LogP contribution in [-0.4, -0.2) is 17.4 Å². The van der Waals surface area contributed by atoms with Gasteiger partial charge in [0.05, 0.1) is 0 Å². The Labute approximate surface area is 94.1 Å². The molecule has 0 aromatic heterocycles. The molecule has 0 unspecified atom stereocenters. The van der Waals surface area contributed by atoms with E-state index < -0.39 is 11.8 Å². The summed E-state index contributed by atoms with van der Waals surface area (Å²) in [6.07, 6.45) is 6.18. The molecule has 0 aromatic rings. The fraction of sp³-hybridized carbons (Fsp3) is 0.750. The number of halogens is 2. The first kappa shape index (κ1) is 11.6. The number of amides is 1. The second-order valence-electron chi connectivity index (χ2n) is 5.23. The van der Waals surface area contributed by atoms with Gasteiger partial charge in [0, 0.05) is 24.3 Å². The molecule has 1 atom stereocenters. The van der Waals surface area contributed by atoms with Gasteiger partial charge in [0.1, 0.15) is 0 Å². The van der Waals surface area contributed by atoms with E-state index in [1.165, 1.54) is 0 Å². The minimum Gasteiger partial charge on any atom is -0.350 e. The van der Waals surface area contributed by atoms with Crippen LogP contribution in [0.2, 0.25) is 0 Å². The highest BCUT2D eigenvalue weighted by Crippen LogP contribution is 2.42. The number of hydrogen-bond donors (Lipinski definition) is 1. The molecule has 90 valence electrons. The summed E-state index contributed by atoms with van der Waals surface area (Å²) in [6, 6.07) is 0. The number of nitrogens with one attached hydrogen (secondary N) is 1. The van der Waals surface area contributed by atoms with Crippen molar-refractivity contribution in [2.75, 3.05) is 0 Å². The molecule has 1 fully saturated rings. The van der Waals surface area contributed by atoms with Crippen LogP contribution in [0.25, 0.3) is 0 Å². The topological polar surface area (TPSA) is 29.1 Å². The Balaban J connectivity index is 1.86. The number of rotatable bonds is 2. The molecule has 2 nitrogen and oxygen atoms in total. The fourth-order valence-electron chi connectivity index (χ4n) is 2.32. The van der Waals surface area contributed by atoms with Crippen molar-refractivity contribution in [3.63, 3.8) is 0 Å². The van der Waals surface area contributed by atoms with Crippen molar-refractivity contribution in [2.24, 2.45) is 5.92 Å². The highest BCUT2D eigenvalue weighted by molar-refractivity contribution is 5.80. The molecule has 0 aliphatic heterocycles. The summed E-state index contributed by atoms with van der Waals surface area (Å²) in [5.74, 6) is -3.31. The highest BCUT2D eigenvalue weighted by Gasteiger charge is 2.49. The zero-order valence-electron chi connectivity index (χ0n) is 9.43. The molecule has 1 N–H and O–H groups in total. The van der Waals surface area contributed by atoms with Crippen molar-refractivity contribution in [3.05, 3.63) is 12.2 Å². The third kappa shape index (κ3) is 2.42. The third-order valence-electron chi connectivity index (χ3n) is 3.48. The average molecular weight is 229 g/mol. The Morgan fingerprint density at radius 2 is 2.06 bits per heavy atom. The maximum Gasteiger partial charge on any atom is 0.249 e. The smallest absolute Gasteiger partial charge is 0.249 e. The zero-order valence-corrected chi connectivity index (χ0v) is 9.43. The van der Waals surface area contributed by atoms with Crippen molar-refractivity contribution >= 4 is 5.91 Å². The van der Waals surface area contributed by atoms with E-state index in [1.807, 2.05) is 13.0 Å². The lowest BCUT2D eigenvalue weighted by Crippen LogP contribution is -2.53. The van der Waals surface area contributed by atoms with Gasteiger partial charge in [0.25, 0.3) is 0 Å². The van der Waals surface area contributed by atoms with Crippen molar-refractivity contribution in [1.82, 2.24) is 5.32 Å². The van der Waals surface area contributed by atoms with Gasteiger partial charge in [-0.15, -0.1) is 0 Å². The lowest BCUT2D eigenvalue weighted by Gasteiger charge is -2.38. The minimum atomic E-state index is -2.62. The van der Waals surface area contributed by atoms with Gasteiger partial charge in [-0.1, -0.05) is 12.2 Å². The molecule has 0 aromatic carbocycles.